The van der Waals surface area contributed by atoms with Crippen molar-refractivity contribution in [3.63, 3.8) is 0 Å². The van der Waals surface area contributed by atoms with Gasteiger partial charge in [0.15, 0.2) is 0 Å². The molecule has 0 aliphatic carbocycles. The van der Waals surface area contributed by atoms with Crippen LogP contribution in [0.5, 0.6) is 0 Å². The number of hydrogen-bond acceptors (Lipinski definition) is 7. The molecule has 0 aliphatic heterocycles. The lowest BCUT2D eigenvalue weighted by Crippen LogP contribution is -2.34. The summed E-state index contributed by atoms with van der Waals surface area (Å²) in [7, 11) is 0. The predicted molar refractivity (Wildman–Crippen MR) is 91.9 cm³/mol. The van der Waals surface area contributed by atoms with Crippen LogP contribution in [-0.4, -0.2) is 49.9 Å². The molecular weight excluding hydrogens is 362 g/mol. The lowest BCUT2D eigenvalue weighted by molar-refractivity contribution is -0.128. The Bertz CT molecular complexity index is 775. The minimum Gasteiger partial charge on any atom is -0.340 e. The first-order valence-corrected chi connectivity index (χ1v) is 8.71. The molecule has 0 bridgehead atoms. The molecule has 0 aliphatic rings. The Labute approximate surface area is 154 Å². The van der Waals surface area contributed by atoms with Crippen molar-refractivity contribution in [1.29, 1.82) is 10.5 Å². The van der Waals surface area contributed by atoms with Gasteiger partial charge < -0.3 is 4.90 Å². The van der Waals surface area contributed by atoms with Crippen LogP contribution in [0.4, 0.5) is 0 Å². The standard InChI is InChI=1S/C15H14ClN7OS/c16-12-3-5-13(6-4-12)23-15(19-20-21-23)25-11-14(24)22(9-1-7-17)10-2-8-18/h3-6H,1-2,9-11H2. The molecule has 0 N–H and O–H groups in total. The first kappa shape index (κ1) is 18.7. The van der Waals surface area contributed by atoms with Crippen LogP contribution in [0.1, 0.15) is 12.8 Å². The lowest BCUT2D eigenvalue weighted by atomic mass is 10.3. The smallest absolute Gasteiger partial charge is 0.233 e. The van der Waals surface area contributed by atoms with Crippen LogP contribution in [0.25, 0.3) is 5.69 Å². The van der Waals surface area contributed by atoms with Crippen LogP contribution in [0.2, 0.25) is 5.02 Å². The maximum Gasteiger partial charge on any atom is 0.233 e. The van der Waals surface area contributed by atoms with Crippen molar-refractivity contribution in [2.24, 2.45) is 0 Å². The van der Waals surface area contributed by atoms with Gasteiger partial charge >= 0.3 is 0 Å². The van der Waals surface area contributed by atoms with Crippen molar-refractivity contribution in [3.05, 3.63) is 29.3 Å². The summed E-state index contributed by atoms with van der Waals surface area (Å²) in [6.45, 7) is 0.611. The summed E-state index contributed by atoms with van der Waals surface area (Å²) in [4.78, 5) is 13.8. The molecule has 0 unspecified atom stereocenters. The van der Waals surface area contributed by atoms with Gasteiger partial charge in [-0.25, -0.2) is 0 Å². The van der Waals surface area contributed by atoms with E-state index in [0.717, 1.165) is 5.69 Å². The molecule has 8 nitrogen and oxygen atoms in total. The van der Waals surface area contributed by atoms with E-state index in [0.29, 0.717) is 23.3 Å². The summed E-state index contributed by atoms with van der Waals surface area (Å²) in [5.41, 5.74) is 0.732. The maximum atomic E-state index is 12.3. The largest absolute Gasteiger partial charge is 0.340 e. The Morgan fingerprint density at radius 2 is 1.84 bits per heavy atom. The van der Waals surface area contributed by atoms with Crippen LogP contribution >= 0.6 is 23.4 Å². The Morgan fingerprint density at radius 3 is 2.44 bits per heavy atom. The number of thioether (sulfide) groups is 1. The molecule has 10 heteroatoms. The van der Waals surface area contributed by atoms with E-state index in [-0.39, 0.29) is 24.5 Å². The van der Waals surface area contributed by atoms with Gasteiger partial charge in [0.05, 0.1) is 36.4 Å². The number of tetrazole rings is 1. The minimum absolute atomic E-state index is 0.116. The number of carbonyl (C=O) groups is 1. The van der Waals surface area contributed by atoms with E-state index in [1.165, 1.54) is 21.3 Å². The van der Waals surface area contributed by atoms with Gasteiger partial charge in [-0.1, -0.05) is 23.4 Å². The number of benzene rings is 1. The molecule has 2 rings (SSSR count). The quantitative estimate of drug-likeness (QED) is 0.649. The van der Waals surface area contributed by atoms with E-state index in [1.54, 1.807) is 24.3 Å². The van der Waals surface area contributed by atoms with Crippen LogP contribution < -0.4 is 0 Å². The molecule has 0 atom stereocenters. The van der Waals surface area contributed by atoms with E-state index in [1.807, 2.05) is 12.1 Å². The summed E-state index contributed by atoms with van der Waals surface area (Å²) in [6.07, 6.45) is 0.453. The zero-order valence-corrected chi connectivity index (χ0v) is 14.7. The normalized spacial score (nSPS) is 10.0. The highest BCUT2D eigenvalue weighted by Gasteiger charge is 2.16. The fourth-order valence-electron chi connectivity index (χ4n) is 1.96. The van der Waals surface area contributed by atoms with E-state index >= 15 is 0 Å². The molecular formula is C15H14ClN7OS. The van der Waals surface area contributed by atoms with Crippen molar-refractivity contribution in [2.45, 2.75) is 18.0 Å². The van der Waals surface area contributed by atoms with Gasteiger partial charge in [-0.3, -0.25) is 4.79 Å². The van der Waals surface area contributed by atoms with Crippen molar-refractivity contribution in [2.75, 3.05) is 18.8 Å². The van der Waals surface area contributed by atoms with Gasteiger partial charge in [0.2, 0.25) is 11.1 Å². The monoisotopic (exact) mass is 375 g/mol. The number of carbonyl (C=O) groups excluding carboxylic acids is 1. The molecule has 0 spiro atoms. The molecule has 0 radical (unpaired) electrons. The first-order valence-electron chi connectivity index (χ1n) is 7.34. The summed E-state index contributed by atoms with van der Waals surface area (Å²) < 4.78 is 1.52. The third-order valence-corrected chi connectivity index (χ3v) is 4.33. The molecule has 0 saturated carbocycles. The fourth-order valence-corrected chi connectivity index (χ4v) is 2.88. The number of hydrogen-bond donors (Lipinski definition) is 0. The molecule has 1 aromatic carbocycles. The second kappa shape index (κ2) is 9.62. The Balaban J connectivity index is 2.02. The topological polar surface area (TPSA) is 111 Å². The van der Waals surface area contributed by atoms with E-state index in [2.05, 4.69) is 15.5 Å². The highest BCUT2D eigenvalue weighted by Crippen LogP contribution is 2.20. The van der Waals surface area contributed by atoms with Gasteiger partial charge in [-0.05, 0) is 34.7 Å². The maximum absolute atomic E-state index is 12.3. The number of nitrogens with zero attached hydrogens (tertiary/aromatic N) is 7. The van der Waals surface area contributed by atoms with Crippen LogP contribution in [0.3, 0.4) is 0 Å². The SMILES string of the molecule is N#CCCN(CCC#N)C(=O)CSc1nnnn1-c1ccc(Cl)cc1. The van der Waals surface area contributed by atoms with Crippen molar-refractivity contribution in [1.82, 2.24) is 25.1 Å². The second-order valence-corrected chi connectivity index (χ2v) is 6.21. The number of halogens is 1. The number of nitriles is 2. The number of rotatable bonds is 8. The molecule has 2 aromatic rings. The number of aromatic nitrogens is 4. The molecule has 1 amide bonds. The molecule has 1 heterocycles. The van der Waals surface area contributed by atoms with E-state index < -0.39 is 0 Å². The third kappa shape index (κ3) is 5.45. The van der Waals surface area contributed by atoms with Crippen molar-refractivity contribution >= 4 is 29.3 Å². The van der Waals surface area contributed by atoms with E-state index in [9.17, 15) is 4.79 Å². The molecule has 0 fully saturated rings. The van der Waals surface area contributed by atoms with Gasteiger partial charge in [0, 0.05) is 18.1 Å². The zero-order chi connectivity index (χ0) is 18.1. The highest BCUT2D eigenvalue weighted by molar-refractivity contribution is 7.99. The third-order valence-electron chi connectivity index (χ3n) is 3.18. The average Bonchev–Trinajstić information content (AvgIpc) is 3.09. The summed E-state index contributed by atoms with van der Waals surface area (Å²) in [5.74, 6) is -0.0497. The molecule has 25 heavy (non-hydrogen) atoms. The summed E-state index contributed by atoms with van der Waals surface area (Å²) >= 11 is 7.06. The summed E-state index contributed by atoms with van der Waals surface area (Å²) in [5, 5.41) is 29.9. The van der Waals surface area contributed by atoms with Crippen molar-refractivity contribution in [3.8, 4) is 17.8 Å². The lowest BCUT2D eigenvalue weighted by Gasteiger charge is -2.19. The predicted octanol–water partition coefficient (Wildman–Crippen LogP) is 2.06. The van der Waals surface area contributed by atoms with Gasteiger partial charge in [-0.15, -0.1) is 5.10 Å². The Hall–Kier alpha value is -2.62. The Kier molecular flexibility index (Phi) is 7.20. The van der Waals surface area contributed by atoms with Crippen molar-refractivity contribution < 1.29 is 4.79 Å². The highest BCUT2D eigenvalue weighted by atomic mass is 35.5. The zero-order valence-electron chi connectivity index (χ0n) is 13.2. The molecule has 0 saturated heterocycles. The van der Waals surface area contributed by atoms with E-state index in [4.69, 9.17) is 22.1 Å². The Morgan fingerprint density at radius 1 is 1.20 bits per heavy atom. The molecule has 128 valence electrons. The molecule has 1 aromatic heterocycles. The van der Waals surface area contributed by atoms with Gasteiger partial charge in [0.25, 0.3) is 0 Å². The minimum atomic E-state index is -0.166. The van der Waals surface area contributed by atoms with Gasteiger partial charge in [-0.2, -0.15) is 15.2 Å². The van der Waals surface area contributed by atoms with Crippen LogP contribution in [0.15, 0.2) is 29.4 Å². The first-order chi connectivity index (χ1) is 12.2. The second-order valence-electron chi connectivity index (χ2n) is 4.84. The fraction of sp³-hybridized carbons (Fsp3) is 0.333. The average molecular weight is 376 g/mol. The number of amides is 1. The summed E-state index contributed by atoms with van der Waals surface area (Å²) in [6, 6.07) is 11.0. The van der Waals surface area contributed by atoms with Crippen LogP contribution in [0, 0.1) is 22.7 Å². The van der Waals surface area contributed by atoms with Gasteiger partial charge in [0.1, 0.15) is 0 Å². The van der Waals surface area contributed by atoms with Crippen LogP contribution in [-0.2, 0) is 4.79 Å².